The van der Waals surface area contributed by atoms with E-state index in [-0.39, 0.29) is 6.04 Å². The fraction of sp³-hybridized carbons (Fsp3) is 0.278. The van der Waals surface area contributed by atoms with Gasteiger partial charge < -0.3 is 10.1 Å². The molecule has 0 saturated heterocycles. The van der Waals surface area contributed by atoms with E-state index in [1.54, 1.807) is 6.20 Å². The zero-order chi connectivity index (χ0) is 16.2. The molecular formula is C18H20N4O. The summed E-state index contributed by atoms with van der Waals surface area (Å²) in [6.45, 7) is 6.51. The molecule has 5 nitrogen and oxygen atoms in total. The Bertz CT molecular complexity index is 805. The summed E-state index contributed by atoms with van der Waals surface area (Å²) in [5.74, 6) is 2.10. The first-order valence-corrected chi connectivity index (χ1v) is 7.76. The third-order valence-corrected chi connectivity index (χ3v) is 3.61. The van der Waals surface area contributed by atoms with Crippen molar-refractivity contribution in [3.05, 3.63) is 54.0 Å². The lowest BCUT2D eigenvalue weighted by molar-refractivity contribution is 0.327. The summed E-state index contributed by atoms with van der Waals surface area (Å²) in [4.78, 5) is 13.3. The number of pyridine rings is 1. The predicted octanol–water partition coefficient (Wildman–Crippen LogP) is 3.91. The Morgan fingerprint density at radius 2 is 1.96 bits per heavy atom. The van der Waals surface area contributed by atoms with Crippen LogP contribution in [0.2, 0.25) is 0 Å². The number of hydrogen-bond acceptors (Lipinski definition) is 5. The van der Waals surface area contributed by atoms with Crippen LogP contribution in [0, 0.1) is 6.92 Å². The molecule has 1 unspecified atom stereocenters. The van der Waals surface area contributed by atoms with Gasteiger partial charge in [-0.1, -0.05) is 30.3 Å². The number of hydrogen-bond donors (Lipinski definition) is 1. The summed E-state index contributed by atoms with van der Waals surface area (Å²) in [7, 11) is 0. The van der Waals surface area contributed by atoms with E-state index in [1.807, 2.05) is 38.1 Å². The first-order chi connectivity index (χ1) is 11.2. The first-order valence-electron chi connectivity index (χ1n) is 7.76. The Balaban J connectivity index is 1.99. The highest BCUT2D eigenvalue weighted by molar-refractivity contribution is 5.89. The van der Waals surface area contributed by atoms with Crippen LogP contribution in [0.1, 0.15) is 31.3 Å². The summed E-state index contributed by atoms with van der Waals surface area (Å²) in [6, 6.07) is 12.3. The molecule has 0 aliphatic carbocycles. The van der Waals surface area contributed by atoms with Crippen LogP contribution in [-0.4, -0.2) is 21.6 Å². The molecule has 23 heavy (non-hydrogen) atoms. The predicted molar refractivity (Wildman–Crippen MR) is 91.7 cm³/mol. The summed E-state index contributed by atoms with van der Waals surface area (Å²) >= 11 is 0. The average Bonchev–Trinajstić information content (AvgIpc) is 2.56. The van der Waals surface area contributed by atoms with E-state index in [4.69, 9.17) is 4.74 Å². The van der Waals surface area contributed by atoms with Gasteiger partial charge in [0.15, 0.2) is 0 Å². The second kappa shape index (κ2) is 6.60. The van der Waals surface area contributed by atoms with E-state index in [2.05, 4.69) is 39.3 Å². The number of aromatic nitrogens is 3. The number of fused-ring (bicyclic) bond motifs is 1. The van der Waals surface area contributed by atoms with Crippen molar-refractivity contribution < 1.29 is 4.74 Å². The fourth-order valence-electron chi connectivity index (χ4n) is 2.50. The highest BCUT2D eigenvalue weighted by Gasteiger charge is 2.12. The number of aryl methyl sites for hydroxylation is 1. The first kappa shape index (κ1) is 15.2. The molecule has 0 aliphatic heterocycles. The monoisotopic (exact) mass is 308 g/mol. The normalized spacial score (nSPS) is 12.1. The molecule has 0 radical (unpaired) electrons. The smallest absolute Gasteiger partial charge is 0.214 e. The van der Waals surface area contributed by atoms with E-state index in [0.717, 1.165) is 16.7 Å². The maximum atomic E-state index is 5.49. The van der Waals surface area contributed by atoms with Crippen LogP contribution in [0.5, 0.6) is 5.88 Å². The number of nitrogens with one attached hydrogen (secondary N) is 1. The molecule has 118 valence electrons. The van der Waals surface area contributed by atoms with Gasteiger partial charge in [0.05, 0.1) is 18.3 Å². The van der Waals surface area contributed by atoms with Crippen molar-refractivity contribution in [1.82, 2.24) is 15.0 Å². The van der Waals surface area contributed by atoms with Gasteiger partial charge in [0.2, 0.25) is 5.88 Å². The number of nitrogens with zero attached hydrogens (tertiary/aromatic N) is 3. The summed E-state index contributed by atoms with van der Waals surface area (Å²) in [5, 5.41) is 4.39. The topological polar surface area (TPSA) is 59.9 Å². The second-order valence-electron chi connectivity index (χ2n) is 5.37. The maximum absolute atomic E-state index is 5.49. The van der Waals surface area contributed by atoms with Gasteiger partial charge in [-0.25, -0.2) is 15.0 Å². The molecule has 5 heteroatoms. The summed E-state index contributed by atoms with van der Waals surface area (Å²) < 4.78 is 5.49. The minimum absolute atomic E-state index is 0.136. The van der Waals surface area contributed by atoms with Crippen molar-refractivity contribution in [3.8, 4) is 5.88 Å². The zero-order valence-corrected chi connectivity index (χ0v) is 13.6. The van der Waals surface area contributed by atoms with Crippen molar-refractivity contribution in [2.75, 3.05) is 11.9 Å². The Labute approximate surface area is 135 Å². The van der Waals surface area contributed by atoms with Crippen molar-refractivity contribution in [3.63, 3.8) is 0 Å². The molecule has 0 bridgehead atoms. The SMILES string of the molecule is CCOc1cc2c(NC(C)c3ccccc3)nc(C)nc2cn1. The van der Waals surface area contributed by atoms with Crippen LogP contribution in [0.25, 0.3) is 10.9 Å². The van der Waals surface area contributed by atoms with Crippen LogP contribution in [0.3, 0.4) is 0 Å². The summed E-state index contributed by atoms with van der Waals surface area (Å²) in [6.07, 6.45) is 1.73. The van der Waals surface area contributed by atoms with Gasteiger partial charge in [0.1, 0.15) is 11.6 Å². The molecule has 0 aliphatic rings. The second-order valence-corrected chi connectivity index (χ2v) is 5.37. The van der Waals surface area contributed by atoms with Gasteiger partial charge in [-0.05, 0) is 26.3 Å². The standard InChI is InChI=1S/C18H20N4O/c1-4-23-17-10-15-16(11-19-17)21-13(3)22-18(15)20-12(2)14-8-6-5-7-9-14/h5-12H,4H2,1-3H3,(H,20,21,22). The molecule has 2 heterocycles. The molecular weight excluding hydrogens is 288 g/mol. The van der Waals surface area contributed by atoms with Crippen molar-refractivity contribution in [2.45, 2.75) is 26.8 Å². The van der Waals surface area contributed by atoms with E-state index >= 15 is 0 Å². The molecule has 3 aromatic rings. The van der Waals surface area contributed by atoms with E-state index < -0.39 is 0 Å². The third-order valence-electron chi connectivity index (χ3n) is 3.61. The molecule has 3 rings (SSSR count). The van der Waals surface area contributed by atoms with Crippen LogP contribution >= 0.6 is 0 Å². The van der Waals surface area contributed by atoms with Gasteiger partial charge in [0, 0.05) is 17.5 Å². The molecule has 1 atom stereocenters. The molecule has 0 saturated carbocycles. The Hall–Kier alpha value is -2.69. The highest BCUT2D eigenvalue weighted by atomic mass is 16.5. The van der Waals surface area contributed by atoms with Gasteiger partial charge in [-0.2, -0.15) is 0 Å². The van der Waals surface area contributed by atoms with Crippen LogP contribution in [0.4, 0.5) is 5.82 Å². The van der Waals surface area contributed by atoms with E-state index in [0.29, 0.717) is 18.3 Å². The number of benzene rings is 1. The number of rotatable bonds is 5. The summed E-state index contributed by atoms with van der Waals surface area (Å²) in [5.41, 5.74) is 2.01. The minimum Gasteiger partial charge on any atom is -0.478 e. The Morgan fingerprint density at radius 1 is 1.17 bits per heavy atom. The lowest BCUT2D eigenvalue weighted by Crippen LogP contribution is -2.09. The molecule has 0 spiro atoms. The molecule has 1 aromatic carbocycles. The largest absolute Gasteiger partial charge is 0.478 e. The zero-order valence-electron chi connectivity index (χ0n) is 13.6. The van der Waals surface area contributed by atoms with Crippen LogP contribution in [-0.2, 0) is 0 Å². The number of anilines is 1. The molecule has 1 N–H and O–H groups in total. The minimum atomic E-state index is 0.136. The Morgan fingerprint density at radius 3 is 2.70 bits per heavy atom. The van der Waals surface area contributed by atoms with Gasteiger partial charge >= 0.3 is 0 Å². The quantitative estimate of drug-likeness (QED) is 0.774. The van der Waals surface area contributed by atoms with Gasteiger partial charge in [-0.15, -0.1) is 0 Å². The van der Waals surface area contributed by atoms with Crippen molar-refractivity contribution in [2.24, 2.45) is 0 Å². The lowest BCUT2D eigenvalue weighted by Gasteiger charge is -2.17. The Kier molecular flexibility index (Phi) is 4.37. The van der Waals surface area contributed by atoms with Gasteiger partial charge in [0.25, 0.3) is 0 Å². The maximum Gasteiger partial charge on any atom is 0.214 e. The van der Waals surface area contributed by atoms with E-state index in [1.165, 1.54) is 5.56 Å². The van der Waals surface area contributed by atoms with Crippen LogP contribution in [0.15, 0.2) is 42.6 Å². The van der Waals surface area contributed by atoms with E-state index in [9.17, 15) is 0 Å². The highest BCUT2D eigenvalue weighted by Crippen LogP contribution is 2.26. The molecule has 0 amide bonds. The van der Waals surface area contributed by atoms with Gasteiger partial charge in [-0.3, -0.25) is 0 Å². The van der Waals surface area contributed by atoms with Crippen molar-refractivity contribution >= 4 is 16.7 Å². The average molecular weight is 308 g/mol. The number of ether oxygens (including phenoxy) is 1. The van der Waals surface area contributed by atoms with Crippen molar-refractivity contribution in [1.29, 1.82) is 0 Å². The van der Waals surface area contributed by atoms with Crippen LogP contribution < -0.4 is 10.1 Å². The molecule has 2 aromatic heterocycles. The third kappa shape index (κ3) is 3.39. The molecule has 0 fully saturated rings. The fourth-order valence-corrected chi connectivity index (χ4v) is 2.50. The lowest BCUT2D eigenvalue weighted by atomic mass is 10.1.